The Hall–Kier alpha value is -1.16. The molecule has 2 rings (SSSR count). The normalized spacial score (nSPS) is 17.6. The number of nitrogens with zero attached hydrogens (tertiary/aromatic N) is 4. The average Bonchev–Trinajstić information content (AvgIpc) is 2.72. The molecule has 1 aliphatic heterocycles. The lowest BCUT2D eigenvalue weighted by molar-refractivity contribution is 0.372. The molecule has 0 N–H and O–H groups in total. The number of hydrogen-bond donors (Lipinski definition) is 0. The summed E-state index contributed by atoms with van der Waals surface area (Å²) in [7, 11) is 2.14. The Labute approximate surface area is 97.0 Å². The first kappa shape index (κ1) is 11.3. The lowest BCUT2D eigenvalue weighted by Crippen LogP contribution is -2.25. The standard InChI is InChI=1S/C12H20N4/c1-4-11-13-12(14-16(11)5-2)10-7-6-8-15(3)9-10/h7H,4-6,8-9H2,1-3H3. The van der Waals surface area contributed by atoms with Crippen molar-refractivity contribution in [1.29, 1.82) is 0 Å². The second kappa shape index (κ2) is 4.78. The smallest absolute Gasteiger partial charge is 0.178 e. The SMILES string of the molecule is CCc1nc(C2=CCCN(C)C2)nn1CC. The third-order valence-electron chi connectivity index (χ3n) is 2.99. The maximum atomic E-state index is 4.61. The molecule has 0 bridgehead atoms. The molecule has 2 heterocycles. The zero-order valence-electron chi connectivity index (χ0n) is 10.4. The van der Waals surface area contributed by atoms with Crippen molar-refractivity contribution in [2.24, 2.45) is 0 Å². The van der Waals surface area contributed by atoms with Crippen LogP contribution in [0.5, 0.6) is 0 Å². The van der Waals surface area contributed by atoms with Gasteiger partial charge < -0.3 is 4.90 Å². The van der Waals surface area contributed by atoms with Crippen LogP contribution in [0.3, 0.4) is 0 Å². The van der Waals surface area contributed by atoms with Gasteiger partial charge in [0.1, 0.15) is 5.82 Å². The van der Waals surface area contributed by atoms with E-state index in [-0.39, 0.29) is 0 Å². The monoisotopic (exact) mass is 220 g/mol. The van der Waals surface area contributed by atoms with Crippen molar-refractivity contribution in [3.63, 3.8) is 0 Å². The van der Waals surface area contributed by atoms with Crippen molar-refractivity contribution in [2.45, 2.75) is 33.2 Å². The minimum atomic E-state index is 0.902. The maximum Gasteiger partial charge on any atom is 0.178 e. The van der Waals surface area contributed by atoms with Crippen LogP contribution in [0.1, 0.15) is 31.9 Å². The Bertz CT molecular complexity index is 370. The molecule has 16 heavy (non-hydrogen) atoms. The fourth-order valence-corrected chi connectivity index (χ4v) is 2.08. The Morgan fingerprint density at radius 2 is 2.19 bits per heavy atom. The third-order valence-corrected chi connectivity index (χ3v) is 2.99. The first-order chi connectivity index (χ1) is 7.74. The fraction of sp³-hybridized carbons (Fsp3) is 0.667. The van der Waals surface area contributed by atoms with E-state index >= 15 is 0 Å². The fourth-order valence-electron chi connectivity index (χ4n) is 2.08. The van der Waals surface area contributed by atoms with E-state index in [1.807, 2.05) is 4.68 Å². The van der Waals surface area contributed by atoms with Crippen molar-refractivity contribution < 1.29 is 0 Å². The molecule has 0 aliphatic carbocycles. The third kappa shape index (κ3) is 2.16. The molecule has 0 fully saturated rings. The predicted molar refractivity (Wildman–Crippen MR) is 65.2 cm³/mol. The van der Waals surface area contributed by atoms with E-state index < -0.39 is 0 Å². The van der Waals surface area contributed by atoms with Gasteiger partial charge in [-0.1, -0.05) is 13.0 Å². The van der Waals surface area contributed by atoms with Crippen LogP contribution in [-0.4, -0.2) is 39.8 Å². The molecule has 0 amide bonds. The average molecular weight is 220 g/mol. The summed E-state index contributed by atoms with van der Waals surface area (Å²) in [6.07, 6.45) is 4.33. The summed E-state index contributed by atoms with van der Waals surface area (Å²) in [4.78, 5) is 6.93. The van der Waals surface area contributed by atoms with Crippen molar-refractivity contribution >= 4 is 5.57 Å². The summed E-state index contributed by atoms with van der Waals surface area (Å²) in [6, 6.07) is 0. The highest BCUT2D eigenvalue weighted by molar-refractivity contribution is 5.61. The minimum absolute atomic E-state index is 0.902. The highest BCUT2D eigenvalue weighted by atomic mass is 15.3. The summed E-state index contributed by atoms with van der Waals surface area (Å²) >= 11 is 0. The first-order valence-corrected chi connectivity index (χ1v) is 6.06. The van der Waals surface area contributed by atoms with Crippen molar-refractivity contribution in [2.75, 3.05) is 20.1 Å². The summed E-state index contributed by atoms with van der Waals surface area (Å²) < 4.78 is 2.00. The van der Waals surface area contributed by atoms with Gasteiger partial charge in [0.25, 0.3) is 0 Å². The number of rotatable bonds is 3. The highest BCUT2D eigenvalue weighted by Gasteiger charge is 2.15. The van der Waals surface area contributed by atoms with E-state index in [0.29, 0.717) is 0 Å². The molecule has 0 saturated carbocycles. The molecular weight excluding hydrogens is 200 g/mol. The van der Waals surface area contributed by atoms with Crippen molar-refractivity contribution in [3.8, 4) is 0 Å². The Morgan fingerprint density at radius 1 is 1.38 bits per heavy atom. The van der Waals surface area contributed by atoms with Crippen LogP contribution in [0.25, 0.3) is 5.57 Å². The zero-order chi connectivity index (χ0) is 11.5. The summed E-state index contributed by atoms with van der Waals surface area (Å²) in [5.41, 5.74) is 1.27. The number of likely N-dealkylation sites (N-methyl/N-ethyl adjacent to an activating group) is 1. The van der Waals surface area contributed by atoms with Gasteiger partial charge >= 0.3 is 0 Å². The molecule has 1 aromatic rings. The highest BCUT2D eigenvalue weighted by Crippen LogP contribution is 2.17. The molecule has 0 spiro atoms. The molecule has 0 unspecified atom stereocenters. The van der Waals surface area contributed by atoms with Gasteiger partial charge in [-0.05, 0) is 20.4 Å². The molecule has 0 atom stereocenters. The topological polar surface area (TPSA) is 34.0 Å². The second-order valence-corrected chi connectivity index (χ2v) is 4.28. The molecule has 88 valence electrons. The molecule has 0 aromatic carbocycles. The van der Waals surface area contributed by atoms with Gasteiger partial charge in [0, 0.05) is 31.6 Å². The molecule has 0 saturated heterocycles. The van der Waals surface area contributed by atoms with Crippen LogP contribution in [-0.2, 0) is 13.0 Å². The predicted octanol–water partition coefficient (Wildman–Crippen LogP) is 1.58. The summed E-state index contributed by atoms with van der Waals surface area (Å²) in [6.45, 7) is 7.25. The zero-order valence-corrected chi connectivity index (χ0v) is 10.4. The van der Waals surface area contributed by atoms with Gasteiger partial charge in [0.2, 0.25) is 0 Å². The molecule has 4 nitrogen and oxygen atoms in total. The lowest BCUT2D eigenvalue weighted by Gasteiger charge is -2.21. The van der Waals surface area contributed by atoms with Gasteiger partial charge in [-0.2, -0.15) is 5.10 Å². The maximum absolute atomic E-state index is 4.61. The van der Waals surface area contributed by atoms with Gasteiger partial charge in [-0.3, -0.25) is 0 Å². The first-order valence-electron chi connectivity index (χ1n) is 6.06. The van der Waals surface area contributed by atoms with Crippen LogP contribution in [0.2, 0.25) is 0 Å². The van der Waals surface area contributed by atoms with Crippen LogP contribution >= 0.6 is 0 Å². The Morgan fingerprint density at radius 3 is 2.75 bits per heavy atom. The van der Waals surface area contributed by atoms with E-state index in [1.54, 1.807) is 0 Å². The molecular formula is C12H20N4. The van der Waals surface area contributed by atoms with Crippen LogP contribution in [0.15, 0.2) is 6.08 Å². The summed E-state index contributed by atoms with van der Waals surface area (Å²) in [5, 5.41) is 4.57. The van der Waals surface area contributed by atoms with Crippen LogP contribution in [0, 0.1) is 0 Å². The molecule has 4 heteroatoms. The van der Waals surface area contributed by atoms with E-state index in [4.69, 9.17) is 0 Å². The van der Waals surface area contributed by atoms with E-state index in [1.165, 1.54) is 5.57 Å². The van der Waals surface area contributed by atoms with E-state index in [9.17, 15) is 0 Å². The van der Waals surface area contributed by atoms with Crippen LogP contribution < -0.4 is 0 Å². The molecule has 1 aliphatic rings. The lowest BCUT2D eigenvalue weighted by atomic mass is 10.1. The summed E-state index contributed by atoms with van der Waals surface area (Å²) in [5.74, 6) is 2.01. The van der Waals surface area contributed by atoms with E-state index in [2.05, 4.69) is 42.0 Å². The van der Waals surface area contributed by atoms with Gasteiger partial charge in [-0.15, -0.1) is 0 Å². The van der Waals surface area contributed by atoms with Crippen LogP contribution in [0.4, 0.5) is 0 Å². The van der Waals surface area contributed by atoms with Gasteiger partial charge in [0.05, 0.1) is 0 Å². The second-order valence-electron chi connectivity index (χ2n) is 4.28. The van der Waals surface area contributed by atoms with E-state index in [0.717, 1.165) is 44.1 Å². The van der Waals surface area contributed by atoms with Crippen molar-refractivity contribution in [3.05, 3.63) is 17.7 Å². The Kier molecular flexibility index (Phi) is 3.39. The quantitative estimate of drug-likeness (QED) is 0.775. The molecule has 1 aromatic heterocycles. The number of hydrogen-bond acceptors (Lipinski definition) is 3. The van der Waals surface area contributed by atoms with Gasteiger partial charge in [-0.25, -0.2) is 9.67 Å². The van der Waals surface area contributed by atoms with Gasteiger partial charge in [0.15, 0.2) is 5.82 Å². The largest absolute Gasteiger partial charge is 0.302 e. The Balaban J connectivity index is 2.26. The minimum Gasteiger partial charge on any atom is -0.302 e. The number of aromatic nitrogens is 3. The molecule has 0 radical (unpaired) electrons. The van der Waals surface area contributed by atoms with Crippen molar-refractivity contribution in [1.82, 2.24) is 19.7 Å². The number of aryl methyl sites for hydroxylation is 2.